The number of nitrogens with one attached hydrogen (secondary N) is 1. The van der Waals surface area contributed by atoms with Gasteiger partial charge in [-0.15, -0.1) is 0 Å². The summed E-state index contributed by atoms with van der Waals surface area (Å²) in [4.78, 5) is 0. The van der Waals surface area contributed by atoms with Gasteiger partial charge < -0.3 is 9.73 Å². The molecular weight excluding hydrogens is 210 g/mol. The average molecular weight is 229 g/mol. The van der Waals surface area contributed by atoms with Crippen molar-refractivity contribution in [1.29, 1.82) is 0 Å². The number of benzene rings is 1. The Morgan fingerprint density at radius 2 is 2.18 bits per heavy atom. The molecule has 90 valence electrons. The highest BCUT2D eigenvalue weighted by molar-refractivity contribution is 5.84. The van der Waals surface area contributed by atoms with E-state index in [1.165, 1.54) is 29.4 Å². The van der Waals surface area contributed by atoms with Crippen LogP contribution in [0, 0.1) is 6.92 Å². The summed E-state index contributed by atoms with van der Waals surface area (Å²) in [5.74, 6) is 1.10. The fourth-order valence-electron chi connectivity index (χ4n) is 2.32. The Hall–Kier alpha value is -1.28. The van der Waals surface area contributed by atoms with Crippen LogP contribution in [0.5, 0.6) is 0 Å². The lowest BCUT2D eigenvalue weighted by Crippen LogP contribution is -2.15. The molecule has 3 rings (SSSR count). The highest BCUT2D eigenvalue weighted by Gasteiger charge is 2.21. The summed E-state index contributed by atoms with van der Waals surface area (Å²) in [6, 6.07) is 7.17. The molecule has 0 radical (unpaired) electrons. The maximum atomic E-state index is 6.04. The van der Waals surface area contributed by atoms with Crippen molar-refractivity contribution >= 4 is 11.0 Å². The predicted molar refractivity (Wildman–Crippen MR) is 70.2 cm³/mol. The quantitative estimate of drug-likeness (QED) is 0.867. The van der Waals surface area contributed by atoms with Gasteiger partial charge in [0, 0.05) is 11.4 Å². The minimum absolute atomic E-state index is 0.730. The third-order valence-corrected chi connectivity index (χ3v) is 3.65. The molecule has 1 aromatic heterocycles. The van der Waals surface area contributed by atoms with Crippen LogP contribution in [0.4, 0.5) is 0 Å². The first-order valence-corrected chi connectivity index (χ1v) is 6.53. The highest BCUT2D eigenvalue weighted by Crippen LogP contribution is 2.29. The molecule has 0 atom stereocenters. The first-order chi connectivity index (χ1) is 8.29. The predicted octanol–water partition coefficient (Wildman–Crippen LogP) is 3.56. The van der Waals surface area contributed by atoms with E-state index in [2.05, 4.69) is 37.4 Å². The Labute approximate surface area is 102 Å². The van der Waals surface area contributed by atoms with Gasteiger partial charge in [0.25, 0.3) is 0 Å². The van der Waals surface area contributed by atoms with Crippen LogP contribution in [0.1, 0.15) is 36.7 Å². The van der Waals surface area contributed by atoms with Crippen LogP contribution >= 0.6 is 0 Å². The van der Waals surface area contributed by atoms with Gasteiger partial charge in [-0.1, -0.05) is 25.1 Å². The summed E-state index contributed by atoms with van der Waals surface area (Å²) in [5.41, 5.74) is 3.69. The van der Waals surface area contributed by atoms with Crippen molar-refractivity contribution in [2.24, 2.45) is 0 Å². The summed E-state index contributed by atoms with van der Waals surface area (Å²) < 4.78 is 6.04. The van der Waals surface area contributed by atoms with E-state index in [0.717, 1.165) is 30.4 Å². The molecule has 0 aliphatic heterocycles. The molecule has 2 aromatic rings. The van der Waals surface area contributed by atoms with E-state index in [9.17, 15) is 0 Å². The van der Waals surface area contributed by atoms with Crippen LogP contribution in [0.2, 0.25) is 0 Å². The molecule has 1 N–H and O–H groups in total. The van der Waals surface area contributed by atoms with Crippen LogP contribution in [0.15, 0.2) is 22.6 Å². The molecule has 1 aliphatic rings. The highest BCUT2D eigenvalue weighted by atomic mass is 16.3. The lowest BCUT2D eigenvalue weighted by Gasteiger charge is -1.99. The number of fused-ring (bicyclic) bond motifs is 1. The van der Waals surface area contributed by atoms with E-state index in [4.69, 9.17) is 4.42 Å². The van der Waals surface area contributed by atoms with Gasteiger partial charge in [-0.2, -0.15) is 0 Å². The van der Waals surface area contributed by atoms with Crippen molar-refractivity contribution in [3.63, 3.8) is 0 Å². The Morgan fingerprint density at radius 1 is 1.35 bits per heavy atom. The molecule has 0 spiro atoms. The van der Waals surface area contributed by atoms with Crippen LogP contribution in [-0.4, -0.2) is 6.04 Å². The Morgan fingerprint density at radius 3 is 2.88 bits per heavy atom. The number of hydrogen-bond acceptors (Lipinski definition) is 2. The molecule has 1 aromatic carbocycles. The zero-order valence-corrected chi connectivity index (χ0v) is 10.5. The Bertz CT molecular complexity index is 537. The molecule has 0 bridgehead atoms. The number of furan rings is 1. The smallest absolute Gasteiger partial charge is 0.137 e. The van der Waals surface area contributed by atoms with E-state index in [1.807, 2.05) is 0 Å². The summed E-state index contributed by atoms with van der Waals surface area (Å²) in [5, 5.41) is 4.79. The second kappa shape index (κ2) is 4.19. The molecule has 1 aliphatic carbocycles. The topological polar surface area (TPSA) is 25.2 Å². The zero-order chi connectivity index (χ0) is 11.8. The molecule has 1 saturated carbocycles. The number of aryl methyl sites for hydroxylation is 2. The number of para-hydroxylation sites is 1. The van der Waals surface area contributed by atoms with Crippen molar-refractivity contribution in [1.82, 2.24) is 5.32 Å². The van der Waals surface area contributed by atoms with Crippen molar-refractivity contribution in [2.75, 3.05) is 0 Å². The summed E-state index contributed by atoms with van der Waals surface area (Å²) >= 11 is 0. The lowest BCUT2D eigenvalue weighted by atomic mass is 10.1. The van der Waals surface area contributed by atoms with Crippen LogP contribution < -0.4 is 5.32 Å². The molecule has 0 amide bonds. The standard InChI is InChI=1S/C15H19NO/c1-3-11-5-4-6-13-10(2)14(17-15(11)13)9-16-12-7-8-12/h4-6,12,16H,3,7-9H2,1-2H3. The van der Waals surface area contributed by atoms with Crippen molar-refractivity contribution < 1.29 is 4.42 Å². The van der Waals surface area contributed by atoms with Gasteiger partial charge in [0.15, 0.2) is 0 Å². The van der Waals surface area contributed by atoms with Crippen molar-refractivity contribution in [3.8, 4) is 0 Å². The first kappa shape index (κ1) is 10.8. The van der Waals surface area contributed by atoms with E-state index < -0.39 is 0 Å². The van der Waals surface area contributed by atoms with Crippen molar-refractivity contribution in [2.45, 2.75) is 45.7 Å². The molecule has 1 heterocycles. The van der Waals surface area contributed by atoms with Crippen molar-refractivity contribution in [3.05, 3.63) is 35.1 Å². The monoisotopic (exact) mass is 229 g/mol. The second-order valence-electron chi connectivity index (χ2n) is 4.95. The fourth-order valence-corrected chi connectivity index (χ4v) is 2.32. The largest absolute Gasteiger partial charge is 0.459 e. The summed E-state index contributed by atoms with van der Waals surface area (Å²) in [6.45, 7) is 5.21. The van der Waals surface area contributed by atoms with Gasteiger partial charge in [-0.3, -0.25) is 0 Å². The van der Waals surface area contributed by atoms with Gasteiger partial charge >= 0.3 is 0 Å². The number of rotatable bonds is 4. The van der Waals surface area contributed by atoms with E-state index in [0.29, 0.717) is 0 Å². The molecule has 0 saturated heterocycles. The summed E-state index contributed by atoms with van der Waals surface area (Å²) in [7, 11) is 0. The molecule has 0 unspecified atom stereocenters. The third-order valence-electron chi connectivity index (χ3n) is 3.65. The first-order valence-electron chi connectivity index (χ1n) is 6.53. The average Bonchev–Trinajstić information content (AvgIpc) is 3.12. The van der Waals surface area contributed by atoms with Crippen LogP contribution in [0.25, 0.3) is 11.0 Å². The van der Waals surface area contributed by atoms with Crippen LogP contribution in [0.3, 0.4) is 0 Å². The van der Waals surface area contributed by atoms with Gasteiger partial charge in [0.2, 0.25) is 0 Å². The van der Waals surface area contributed by atoms with E-state index >= 15 is 0 Å². The minimum atomic E-state index is 0.730. The zero-order valence-electron chi connectivity index (χ0n) is 10.5. The summed E-state index contributed by atoms with van der Waals surface area (Å²) in [6.07, 6.45) is 3.67. The molecule has 17 heavy (non-hydrogen) atoms. The maximum absolute atomic E-state index is 6.04. The number of hydrogen-bond donors (Lipinski definition) is 1. The van der Waals surface area contributed by atoms with Gasteiger partial charge in [0.05, 0.1) is 6.54 Å². The molecule has 2 heteroatoms. The van der Waals surface area contributed by atoms with E-state index in [1.54, 1.807) is 0 Å². The molecule has 2 nitrogen and oxygen atoms in total. The van der Waals surface area contributed by atoms with Gasteiger partial charge in [0.1, 0.15) is 11.3 Å². The van der Waals surface area contributed by atoms with E-state index in [-0.39, 0.29) is 0 Å². The van der Waals surface area contributed by atoms with Gasteiger partial charge in [-0.05, 0) is 37.3 Å². The van der Waals surface area contributed by atoms with Gasteiger partial charge in [-0.25, -0.2) is 0 Å². The Balaban J connectivity index is 1.97. The lowest BCUT2D eigenvalue weighted by molar-refractivity contribution is 0.507. The molecule has 1 fully saturated rings. The SMILES string of the molecule is CCc1cccc2c(C)c(CNC3CC3)oc12. The van der Waals surface area contributed by atoms with Crippen LogP contribution in [-0.2, 0) is 13.0 Å². The minimum Gasteiger partial charge on any atom is -0.459 e. The maximum Gasteiger partial charge on any atom is 0.137 e. The Kier molecular flexibility index (Phi) is 2.67. The fraction of sp³-hybridized carbons (Fsp3) is 0.467. The second-order valence-corrected chi connectivity index (χ2v) is 4.95. The third kappa shape index (κ3) is 1.98. The molecular formula is C15H19NO. The normalized spacial score (nSPS) is 15.6.